The van der Waals surface area contributed by atoms with Crippen molar-refractivity contribution < 1.29 is 14.4 Å². The molecular formula is C20H25N3O3. The van der Waals surface area contributed by atoms with Crippen LogP contribution in [0.4, 0.5) is 5.69 Å². The molecule has 26 heavy (non-hydrogen) atoms. The first kappa shape index (κ1) is 18.2. The third kappa shape index (κ3) is 3.79. The Kier molecular flexibility index (Phi) is 5.40. The lowest BCUT2D eigenvalue weighted by Gasteiger charge is -2.34. The number of anilines is 1. The zero-order chi connectivity index (χ0) is 18.7. The number of carbonyl (C=O) groups is 3. The van der Waals surface area contributed by atoms with Crippen LogP contribution in [0.1, 0.15) is 29.6 Å². The summed E-state index contributed by atoms with van der Waals surface area (Å²) in [5, 5.41) is 2.90. The third-order valence-electron chi connectivity index (χ3n) is 5.51. The number of hydrogen-bond acceptors (Lipinski definition) is 3. The van der Waals surface area contributed by atoms with Gasteiger partial charge in [-0.1, -0.05) is 6.58 Å². The maximum atomic E-state index is 12.7. The Labute approximate surface area is 153 Å². The van der Waals surface area contributed by atoms with Crippen molar-refractivity contribution in [2.45, 2.75) is 19.3 Å². The molecule has 1 N–H and O–H groups in total. The number of likely N-dealkylation sites (N-methyl/N-ethyl adjacent to an activating group) is 1. The lowest BCUT2D eigenvalue weighted by Crippen LogP contribution is -2.40. The van der Waals surface area contributed by atoms with Crippen LogP contribution < -0.4 is 10.2 Å². The van der Waals surface area contributed by atoms with Crippen LogP contribution in [0.5, 0.6) is 0 Å². The lowest BCUT2D eigenvalue weighted by molar-refractivity contribution is -0.119. The first-order valence-corrected chi connectivity index (χ1v) is 9.05. The molecule has 6 heteroatoms. The summed E-state index contributed by atoms with van der Waals surface area (Å²) in [6, 6.07) is 7.07. The molecule has 3 rings (SSSR count). The Bertz CT molecular complexity index is 706. The number of hydrogen-bond donors (Lipinski definition) is 1. The minimum atomic E-state index is -0.189. The largest absolute Gasteiger partial charge is 0.356 e. The summed E-state index contributed by atoms with van der Waals surface area (Å²) in [6.45, 7) is 5.71. The Morgan fingerprint density at radius 3 is 2.38 bits per heavy atom. The van der Waals surface area contributed by atoms with Crippen molar-refractivity contribution in [1.29, 1.82) is 0 Å². The van der Waals surface area contributed by atoms with Crippen molar-refractivity contribution in [3.8, 4) is 0 Å². The van der Waals surface area contributed by atoms with Crippen molar-refractivity contribution in [2.24, 2.45) is 11.8 Å². The number of rotatable bonds is 4. The van der Waals surface area contributed by atoms with Gasteiger partial charge >= 0.3 is 0 Å². The molecule has 6 nitrogen and oxygen atoms in total. The van der Waals surface area contributed by atoms with E-state index in [0.29, 0.717) is 23.8 Å². The van der Waals surface area contributed by atoms with Gasteiger partial charge in [0.1, 0.15) is 0 Å². The van der Waals surface area contributed by atoms with Gasteiger partial charge in [0.05, 0.1) is 0 Å². The summed E-state index contributed by atoms with van der Waals surface area (Å²) in [5.74, 6) is 0.906. The first-order chi connectivity index (χ1) is 12.5. The van der Waals surface area contributed by atoms with Gasteiger partial charge in [0.2, 0.25) is 11.8 Å². The van der Waals surface area contributed by atoms with Gasteiger partial charge in [-0.25, -0.2) is 0 Å². The molecule has 3 amide bonds. The van der Waals surface area contributed by atoms with E-state index >= 15 is 0 Å². The predicted octanol–water partition coefficient (Wildman–Crippen LogP) is 1.82. The number of carbonyl (C=O) groups excluding carboxylic acids is 3. The van der Waals surface area contributed by atoms with E-state index in [4.69, 9.17) is 0 Å². The van der Waals surface area contributed by atoms with Crippen LogP contribution in [0.2, 0.25) is 0 Å². The van der Waals surface area contributed by atoms with E-state index in [0.717, 1.165) is 38.2 Å². The fraction of sp³-hybridized carbons (Fsp3) is 0.450. The predicted molar refractivity (Wildman–Crippen MR) is 99.8 cm³/mol. The molecule has 138 valence electrons. The Hall–Kier alpha value is -2.63. The van der Waals surface area contributed by atoms with E-state index in [1.54, 1.807) is 31.3 Å². The summed E-state index contributed by atoms with van der Waals surface area (Å²) >= 11 is 0. The van der Waals surface area contributed by atoms with Gasteiger partial charge < -0.3 is 15.1 Å². The second kappa shape index (κ2) is 7.72. The molecule has 0 spiro atoms. The maximum Gasteiger partial charge on any atom is 0.253 e. The van der Waals surface area contributed by atoms with Gasteiger partial charge in [-0.15, -0.1) is 0 Å². The topological polar surface area (TPSA) is 69.7 Å². The monoisotopic (exact) mass is 355 g/mol. The third-order valence-corrected chi connectivity index (χ3v) is 5.51. The van der Waals surface area contributed by atoms with Crippen LogP contribution in [-0.2, 0) is 9.59 Å². The van der Waals surface area contributed by atoms with Gasteiger partial charge in [-0.2, -0.15) is 0 Å². The summed E-state index contributed by atoms with van der Waals surface area (Å²) in [6.07, 6.45) is 3.77. The standard InChI is InChI=1S/C20H25N3O3/c1-3-19(25)22(2)17-6-4-15(5-7-17)20(26)23-10-8-14(9-11-23)16-12-18(24)21-13-16/h3-7,14,16H,1,8-13H2,2H3,(H,21,24). The minimum absolute atomic E-state index is 0.0216. The molecule has 2 heterocycles. The average Bonchev–Trinajstić information content (AvgIpc) is 3.13. The normalized spacial score (nSPS) is 20.6. The number of nitrogens with zero attached hydrogens (tertiary/aromatic N) is 2. The van der Waals surface area contributed by atoms with E-state index in [1.165, 1.54) is 11.0 Å². The van der Waals surface area contributed by atoms with Crippen LogP contribution >= 0.6 is 0 Å². The lowest BCUT2D eigenvalue weighted by atomic mass is 9.83. The highest BCUT2D eigenvalue weighted by Gasteiger charge is 2.33. The number of piperidine rings is 1. The summed E-state index contributed by atoms with van der Waals surface area (Å²) in [7, 11) is 1.67. The first-order valence-electron chi connectivity index (χ1n) is 9.05. The van der Waals surface area contributed by atoms with Crippen LogP contribution in [0.3, 0.4) is 0 Å². The Morgan fingerprint density at radius 2 is 1.85 bits per heavy atom. The van der Waals surface area contributed by atoms with Crippen molar-refractivity contribution in [1.82, 2.24) is 10.2 Å². The highest BCUT2D eigenvalue weighted by atomic mass is 16.2. The molecule has 0 aromatic heterocycles. The molecule has 2 saturated heterocycles. The molecule has 2 fully saturated rings. The van der Waals surface area contributed by atoms with Crippen molar-refractivity contribution >= 4 is 23.4 Å². The molecule has 1 unspecified atom stereocenters. The van der Waals surface area contributed by atoms with E-state index in [2.05, 4.69) is 11.9 Å². The number of likely N-dealkylation sites (tertiary alicyclic amines) is 1. The van der Waals surface area contributed by atoms with Gasteiger partial charge in [0, 0.05) is 44.4 Å². The van der Waals surface area contributed by atoms with Gasteiger partial charge in [0.25, 0.3) is 5.91 Å². The molecule has 0 aliphatic carbocycles. The van der Waals surface area contributed by atoms with Crippen LogP contribution in [-0.4, -0.2) is 49.3 Å². The number of nitrogens with one attached hydrogen (secondary N) is 1. The number of amides is 3. The van der Waals surface area contributed by atoms with E-state index in [1.807, 2.05) is 4.90 Å². The smallest absolute Gasteiger partial charge is 0.253 e. The second-order valence-electron chi connectivity index (χ2n) is 7.05. The molecule has 0 bridgehead atoms. The fourth-order valence-electron chi connectivity index (χ4n) is 3.81. The highest BCUT2D eigenvalue weighted by molar-refractivity contribution is 6.01. The Morgan fingerprint density at radius 1 is 1.19 bits per heavy atom. The summed E-state index contributed by atoms with van der Waals surface area (Å²) in [5.41, 5.74) is 1.35. The molecule has 1 aromatic carbocycles. The van der Waals surface area contributed by atoms with E-state index in [9.17, 15) is 14.4 Å². The fourth-order valence-corrected chi connectivity index (χ4v) is 3.81. The average molecular weight is 355 g/mol. The molecule has 0 saturated carbocycles. The van der Waals surface area contributed by atoms with E-state index < -0.39 is 0 Å². The summed E-state index contributed by atoms with van der Waals surface area (Å²) in [4.78, 5) is 39.1. The number of benzene rings is 1. The molecule has 1 aromatic rings. The highest BCUT2D eigenvalue weighted by Crippen LogP contribution is 2.30. The van der Waals surface area contributed by atoms with Crippen LogP contribution in [0.15, 0.2) is 36.9 Å². The van der Waals surface area contributed by atoms with Gasteiger partial charge in [0.15, 0.2) is 0 Å². The molecule has 2 aliphatic heterocycles. The Balaban J connectivity index is 1.57. The van der Waals surface area contributed by atoms with Crippen molar-refractivity contribution in [2.75, 3.05) is 31.6 Å². The molecule has 1 atom stereocenters. The second-order valence-corrected chi connectivity index (χ2v) is 7.05. The minimum Gasteiger partial charge on any atom is -0.356 e. The molecular weight excluding hydrogens is 330 g/mol. The van der Waals surface area contributed by atoms with Crippen molar-refractivity contribution in [3.05, 3.63) is 42.5 Å². The molecule has 0 radical (unpaired) electrons. The summed E-state index contributed by atoms with van der Waals surface area (Å²) < 4.78 is 0. The van der Waals surface area contributed by atoms with Crippen LogP contribution in [0.25, 0.3) is 0 Å². The molecule has 2 aliphatic rings. The van der Waals surface area contributed by atoms with Crippen molar-refractivity contribution in [3.63, 3.8) is 0 Å². The van der Waals surface area contributed by atoms with Crippen LogP contribution in [0, 0.1) is 11.8 Å². The SMILES string of the molecule is C=CC(=O)N(C)c1ccc(C(=O)N2CCC(C3CNC(=O)C3)CC2)cc1. The quantitative estimate of drug-likeness (QED) is 0.838. The zero-order valence-corrected chi connectivity index (χ0v) is 15.1. The van der Waals surface area contributed by atoms with E-state index in [-0.39, 0.29) is 17.7 Å². The zero-order valence-electron chi connectivity index (χ0n) is 15.1. The van der Waals surface area contributed by atoms with Gasteiger partial charge in [-0.05, 0) is 55.0 Å². The maximum absolute atomic E-state index is 12.7. The van der Waals surface area contributed by atoms with Gasteiger partial charge in [-0.3, -0.25) is 14.4 Å².